The number of benzene rings is 2. The minimum absolute atomic E-state index is 0.201. The van der Waals surface area contributed by atoms with Crippen LogP contribution in [0.1, 0.15) is 20.8 Å². The minimum atomic E-state index is -1.79. The van der Waals surface area contributed by atoms with Gasteiger partial charge >= 0.3 is 11.9 Å². The van der Waals surface area contributed by atoms with Crippen molar-refractivity contribution in [2.24, 2.45) is 0 Å². The van der Waals surface area contributed by atoms with Crippen LogP contribution in [-0.4, -0.2) is 118 Å². The predicted octanol–water partition coefficient (Wildman–Crippen LogP) is -0.299. The number of methoxy groups -OCH3 is 1. The van der Waals surface area contributed by atoms with E-state index in [1.54, 1.807) is 12.1 Å². The zero-order valence-corrected chi connectivity index (χ0v) is 26.6. The Morgan fingerprint density at radius 3 is 2.06 bits per heavy atom. The summed E-state index contributed by atoms with van der Waals surface area (Å²) < 4.78 is 44.5. The van der Waals surface area contributed by atoms with Crippen LogP contribution >= 0.6 is 0 Å². The van der Waals surface area contributed by atoms with Crippen molar-refractivity contribution >= 4 is 22.9 Å². The molecule has 6 N–H and O–H groups in total. The highest BCUT2D eigenvalue weighted by Crippen LogP contribution is 2.39. The van der Waals surface area contributed by atoms with Crippen molar-refractivity contribution in [3.63, 3.8) is 0 Å². The molecule has 0 bridgehead atoms. The molecule has 3 heterocycles. The van der Waals surface area contributed by atoms with Crippen LogP contribution in [0.5, 0.6) is 23.0 Å². The summed E-state index contributed by atoms with van der Waals surface area (Å²) in [6.45, 7) is 2.98. The van der Waals surface area contributed by atoms with Gasteiger partial charge in [0.15, 0.2) is 24.1 Å². The molecule has 0 saturated carbocycles. The summed E-state index contributed by atoms with van der Waals surface area (Å²) >= 11 is 0. The van der Waals surface area contributed by atoms with Gasteiger partial charge in [0.25, 0.3) is 0 Å². The molecule has 0 radical (unpaired) electrons. The Labute approximate surface area is 277 Å². The third-order valence-electron chi connectivity index (χ3n) is 7.95. The Bertz CT molecular complexity index is 1720. The second-order valence-electron chi connectivity index (χ2n) is 11.4. The first kappa shape index (κ1) is 35.8. The third-order valence-corrected chi connectivity index (χ3v) is 7.95. The van der Waals surface area contributed by atoms with E-state index >= 15 is 0 Å². The number of carbonyl (C=O) groups excluding carboxylic acids is 2. The minimum Gasteiger partial charge on any atom is -0.507 e. The fourth-order valence-corrected chi connectivity index (χ4v) is 5.55. The number of rotatable bonds is 9. The lowest BCUT2D eigenvalue weighted by Gasteiger charge is -2.41. The molecule has 2 aromatic carbocycles. The summed E-state index contributed by atoms with van der Waals surface area (Å²) in [6.07, 6.45) is -15.2. The molecule has 5 rings (SSSR count). The molecule has 17 heteroatoms. The summed E-state index contributed by atoms with van der Waals surface area (Å²) in [5, 5.41) is 61.9. The van der Waals surface area contributed by atoms with Gasteiger partial charge in [-0.1, -0.05) is 0 Å². The molecule has 10 atom stereocenters. The first-order chi connectivity index (χ1) is 23.2. The average molecular weight is 693 g/mol. The number of hydrogen-bond donors (Lipinski definition) is 6. The van der Waals surface area contributed by atoms with Gasteiger partial charge in [0.1, 0.15) is 52.6 Å². The summed E-state index contributed by atoms with van der Waals surface area (Å²) in [4.78, 5) is 37.7. The lowest BCUT2D eigenvalue weighted by atomic mass is 9.99. The highest BCUT2D eigenvalue weighted by Gasteiger charge is 2.49. The molecule has 2 aliphatic heterocycles. The molecule has 0 amide bonds. The van der Waals surface area contributed by atoms with Crippen LogP contribution in [0.2, 0.25) is 0 Å². The molecule has 17 nitrogen and oxygen atoms in total. The number of phenols is 1. The Kier molecular flexibility index (Phi) is 10.6. The van der Waals surface area contributed by atoms with Gasteiger partial charge in [0.05, 0.1) is 19.8 Å². The maximum atomic E-state index is 14.1. The average Bonchev–Trinajstić information content (AvgIpc) is 3.05. The molecule has 266 valence electrons. The van der Waals surface area contributed by atoms with Gasteiger partial charge < -0.3 is 68.2 Å². The van der Waals surface area contributed by atoms with E-state index in [1.165, 1.54) is 32.2 Å². The number of carbonyl (C=O) groups is 2. The highest BCUT2D eigenvalue weighted by atomic mass is 16.7. The zero-order valence-electron chi connectivity index (χ0n) is 26.6. The maximum absolute atomic E-state index is 14.1. The van der Waals surface area contributed by atoms with Gasteiger partial charge in [-0.05, 0) is 31.2 Å². The van der Waals surface area contributed by atoms with Crippen LogP contribution in [-0.2, 0) is 28.5 Å². The smallest absolute Gasteiger partial charge is 0.303 e. The molecule has 1 aromatic heterocycles. The van der Waals surface area contributed by atoms with Crippen LogP contribution in [0.15, 0.2) is 45.6 Å². The zero-order chi connectivity index (χ0) is 35.7. The quantitative estimate of drug-likeness (QED) is 0.158. The second kappa shape index (κ2) is 14.6. The van der Waals surface area contributed by atoms with E-state index in [9.17, 15) is 45.0 Å². The largest absolute Gasteiger partial charge is 0.507 e. The van der Waals surface area contributed by atoms with Gasteiger partial charge in [0.2, 0.25) is 23.8 Å². The molecule has 2 saturated heterocycles. The van der Waals surface area contributed by atoms with Gasteiger partial charge in [-0.3, -0.25) is 14.4 Å². The highest BCUT2D eigenvalue weighted by molar-refractivity contribution is 5.88. The van der Waals surface area contributed by atoms with Gasteiger partial charge in [-0.15, -0.1) is 0 Å². The SMILES string of the molecule is COc1ccc(-c2oc3cc(O[C@@H]4O[C@H](CO)[C@@H](O)[C@H](O)[C@H]4O)cc(O)c3c(=O)c2O[C@@H]2O[C@@H](C)[C@H](OC(C)=O)[C@@H](OC(C)=O)[C@H]2O)cc1. The molecular weight excluding hydrogens is 656 g/mol. The van der Waals surface area contributed by atoms with Crippen molar-refractivity contribution in [3.8, 4) is 34.3 Å². The first-order valence-electron chi connectivity index (χ1n) is 15.0. The Morgan fingerprint density at radius 2 is 1.45 bits per heavy atom. The first-order valence-corrected chi connectivity index (χ1v) is 15.0. The van der Waals surface area contributed by atoms with E-state index in [0.717, 1.165) is 19.9 Å². The van der Waals surface area contributed by atoms with E-state index < -0.39 is 102 Å². The molecule has 49 heavy (non-hydrogen) atoms. The van der Waals surface area contributed by atoms with Crippen LogP contribution in [0.25, 0.3) is 22.3 Å². The summed E-state index contributed by atoms with van der Waals surface area (Å²) in [6, 6.07) is 8.36. The fraction of sp³-hybridized carbons (Fsp3) is 0.469. The standard InChI is InChI=1S/C32H36O17/c1-12-27(44-13(2)34)30(45-14(3)35)26(41)32(43-12)49-29-23(38)21-18(36)9-17(46-31-25(40)24(39)22(37)20(11-33)48-31)10-19(21)47-28(29)15-5-7-16(42-4)8-6-15/h5-10,12,20,22,24-27,30-33,36-37,39-41H,11H2,1-4H3/t12-,20+,22+,24-,25+,26+,27-,30-,31+,32-/m0/s1. The van der Waals surface area contributed by atoms with Crippen molar-refractivity contribution in [1.29, 1.82) is 0 Å². The fourth-order valence-electron chi connectivity index (χ4n) is 5.55. The van der Waals surface area contributed by atoms with Crippen LogP contribution in [0.4, 0.5) is 0 Å². The summed E-state index contributed by atoms with van der Waals surface area (Å²) in [5.41, 5.74) is -0.908. The topological polar surface area (TPSA) is 250 Å². The van der Waals surface area contributed by atoms with Gasteiger partial charge in [-0.25, -0.2) is 0 Å². The number of esters is 2. The molecule has 0 unspecified atom stereocenters. The van der Waals surface area contributed by atoms with Crippen molar-refractivity contribution < 1.29 is 77.8 Å². The van der Waals surface area contributed by atoms with E-state index in [4.69, 9.17) is 37.6 Å². The van der Waals surface area contributed by atoms with E-state index in [2.05, 4.69) is 0 Å². The maximum Gasteiger partial charge on any atom is 0.303 e. The number of aliphatic hydroxyl groups is 5. The summed E-state index contributed by atoms with van der Waals surface area (Å²) in [5.74, 6) is -2.69. The Morgan fingerprint density at radius 1 is 0.816 bits per heavy atom. The summed E-state index contributed by atoms with van der Waals surface area (Å²) in [7, 11) is 1.45. The number of aliphatic hydroxyl groups excluding tert-OH is 5. The van der Waals surface area contributed by atoms with Crippen LogP contribution in [0.3, 0.4) is 0 Å². The molecular formula is C32H36O17. The monoisotopic (exact) mass is 692 g/mol. The Hall–Kier alpha value is -4.49. The molecule has 2 aliphatic rings. The number of fused-ring (bicyclic) bond motifs is 1. The van der Waals surface area contributed by atoms with E-state index in [-0.39, 0.29) is 22.7 Å². The van der Waals surface area contributed by atoms with Crippen LogP contribution < -0.4 is 19.6 Å². The lowest BCUT2D eigenvalue weighted by Crippen LogP contribution is -2.61. The molecule has 0 aliphatic carbocycles. The predicted molar refractivity (Wildman–Crippen MR) is 163 cm³/mol. The second-order valence-corrected chi connectivity index (χ2v) is 11.4. The molecule has 2 fully saturated rings. The third kappa shape index (κ3) is 7.28. The molecule has 0 spiro atoms. The van der Waals surface area contributed by atoms with Crippen molar-refractivity contribution in [1.82, 2.24) is 0 Å². The lowest BCUT2D eigenvalue weighted by molar-refractivity contribution is -0.277. The van der Waals surface area contributed by atoms with E-state index in [1.807, 2.05) is 0 Å². The van der Waals surface area contributed by atoms with Crippen molar-refractivity contribution in [3.05, 3.63) is 46.6 Å². The van der Waals surface area contributed by atoms with Crippen LogP contribution in [0, 0.1) is 0 Å². The van der Waals surface area contributed by atoms with Gasteiger partial charge in [0, 0.05) is 31.5 Å². The Balaban J connectivity index is 1.58. The van der Waals surface area contributed by atoms with Crippen molar-refractivity contribution in [2.75, 3.05) is 13.7 Å². The van der Waals surface area contributed by atoms with E-state index in [0.29, 0.717) is 5.75 Å². The number of aromatic hydroxyl groups is 1. The normalized spacial score (nSPS) is 30.0. The molecule has 3 aromatic rings. The van der Waals surface area contributed by atoms with Crippen molar-refractivity contribution in [2.45, 2.75) is 82.2 Å². The number of phenolic OH excluding ortho intramolecular Hbond substituents is 1. The van der Waals surface area contributed by atoms with Gasteiger partial charge in [-0.2, -0.15) is 0 Å². The number of ether oxygens (including phenoxy) is 7. The number of hydrogen-bond acceptors (Lipinski definition) is 17.